The molecule has 16 heavy (non-hydrogen) atoms. The SMILES string of the molecule is COCC(N)C(=O)N1CCSC(C(C)C)C1. The molecular weight excluding hydrogens is 224 g/mol. The summed E-state index contributed by atoms with van der Waals surface area (Å²) in [5, 5.41) is 0.535. The Kier molecular flexibility index (Phi) is 5.58. The molecule has 4 nitrogen and oxygen atoms in total. The first-order chi connectivity index (χ1) is 7.56. The number of nitrogens with two attached hydrogens (primary N) is 1. The zero-order chi connectivity index (χ0) is 12.1. The fraction of sp³-hybridized carbons (Fsp3) is 0.909. The molecule has 0 radical (unpaired) electrons. The highest BCUT2D eigenvalue weighted by Gasteiger charge is 2.28. The van der Waals surface area contributed by atoms with Crippen molar-refractivity contribution in [1.29, 1.82) is 0 Å². The van der Waals surface area contributed by atoms with Gasteiger partial charge in [-0.2, -0.15) is 11.8 Å². The Hall–Kier alpha value is -0.260. The van der Waals surface area contributed by atoms with E-state index in [0.29, 0.717) is 17.8 Å². The highest BCUT2D eigenvalue weighted by molar-refractivity contribution is 8.00. The molecule has 0 saturated carbocycles. The highest BCUT2D eigenvalue weighted by Crippen LogP contribution is 2.25. The van der Waals surface area contributed by atoms with Gasteiger partial charge in [0.1, 0.15) is 6.04 Å². The second kappa shape index (κ2) is 6.47. The molecule has 1 saturated heterocycles. The van der Waals surface area contributed by atoms with E-state index >= 15 is 0 Å². The third kappa shape index (κ3) is 3.64. The van der Waals surface area contributed by atoms with Crippen LogP contribution in [0, 0.1) is 5.92 Å². The van der Waals surface area contributed by atoms with Gasteiger partial charge in [0, 0.05) is 31.2 Å². The van der Waals surface area contributed by atoms with Crippen molar-refractivity contribution >= 4 is 17.7 Å². The summed E-state index contributed by atoms with van der Waals surface area (Å²) in [5.74, 6) is 1.63. The minimum atomic E-state index is -0.513. The van der Waals surface area contributed by atoms with Gasteiger partial charge in [0.05, 0.1) is 6.61 Å². The average Bonchev–Trinajstić information content (AvgIpc) is 2.28. The van der Waals surface area contributed by atoms with E-state index in [9.17, 15) is 4.79 Å². The first-order valence-electron chi connectivity index (χ1n) is 5.71. The molecule has 0 aromatic heterocycles. The monoisotopic (exact) mass is 246 g/mol. The maximum atomic E-state index is 12.0. The van der Waals surface area contributed by atoms with Crippen molar-refractivity contribution < 1.29 is 9.53 Å². The maximum Gasteiger partial charge on any atom is 0.241 e. The maximum absolute atomic E-state index is 12.0. The van der Waals surface area contributed by atoms with Crippen LogP contribution in [0.3, 0.4) is 0 Å². The van der Waals surface area contributed by atoms with E-state index in [1.807, 2.05) is 16.7 Å². The number of hydrogen-bond acceptors (Lipinski definition) is 4. The molecule has 2 N–H and O–H groups in total. The second-order valence-electron chi connectivity index (χ2n) is 4.50. The largest absolute Gasteiger partial charge is 0.383 e. The van der Waals surface area contributed by atoms with Crippen molar-refractivity contribution in [1.82, 2.24) is 4.90 Å². The Morgan fingerprint density at radius 1 is 1.62 bits per heavy atom. The van der Waals surface area contributed by atoms with E-state index in [0.717, 1.165) is 18.8 Å². The summed E-state index contributed by atoms with van der Waals surface area (Å²) in [6.07, 6.45) is 0. The van der Waals surface area contributed by atoms with Crippen molar-refractivity contribution in [2.24, 2.45) is 11.7 Å². The number of carbonyl (C=O) groups excluding carboxylic acids is 1. The summed E-state index contributed by atoms with van der Waals surface area (Å²) in [6.45, 7) is 6.32. The first kappa shape index (κ1) is 13.8. The summed E-state index contributed by atoms with van der Waals surface area (Å²) < 4.78 is 4.91. The van der Waals surface area contributed by atoms with Gasteiger partial charge in [-0.1, -0.05) is 13.8 Å². The lowest BCUT2D eigenvalue weighted by atomic mass is 10.1. The van der Waals surface area contributed by atoms with E-state index in [1.165, 1.54) is 0 Å². The number of amides is 1. The van der Waals surface area contributed by atoms with Crippen LogP contribution >= 0.6 is 11.8 Å². The van der Waals surface area contributed by atoms with Crippen LogP contribution in [0.15, 0.2) is 0 Å². The standard InChI is InChI=1S/C11H22N2O2S/c1-8(2)10-6-13(4-5-16-10)11(14)9(12)7-15-3/h8-10H,4-7,12H2,1-3H3. The molecule has 0 aliphatic carbocycles. The molecule has 1 rings (SSSR count). The molecule has 5 heteroatoms. The molecule has 0 spiro atoms. The molecule has 1 fully saturated rings. The number of methoxy groups -OCH3 is 1. The zero-order valence-corrected chi connectivity index (χ0v) is 11.1. The van der Waals surface area contributed by atoms with Gasteiger partial charge in [0.2, 0.25) is 5.91 Å². The lowest BCUT2D eigenvalue weighted by molar-refractivity contribution is -0.133. The Bertz CT molecular complexity index is 236. The predicted octanol–water partition coefficient (Wildman–Crippen LogP) is 0.560. The minimum Gasteiger partial charge on any atom is -0.383 e. The number of nitrogens with zero attached hydrogens (tertiary/aromatic N) is 1. The summed E-state index contributed by atoms with van der Waals surface area (Å²) in [7, 11) is 1.57. The Morgan fingerprint density at radius 2 is 2.31 bits per heavy atom. The van der Waals surface area contributed by atoms with E-state index in [-0.39, 0.29) is 5.91 Å². The third-order valence-electron chi connectivity index (χ3n) is 2.81. The molecule has 0 aromatic rings. The zero-order valence-electron chi connectivity index (χ0n) is 10.3. The lowest BCUT2D eigenvalue weighted by Gasteiger charge is -2.35. The van der Waals surface area contributed by atoms with Gasteiger partial charge in [0.15, 0.2) is 0 Å². The quantitative estimate of drug-likeness (QED) is 0.787. The normalized spacial score (nSPS) is 23.6. The summed E-state index contributed by atoms with van der Waals surface area (Å²) >= 11 is 1.95. The van der Waals surface area contributed by atoms with E-state index < -0.39 is 6.04 Å². The number of hydrogen-bond donors (Lipinski definition) is 1. The Morgan fingerprint density at radius 3 is 2.88 bits per heavy atom. The smallest absolute Gasteiger partial charge is 0.241 e. The number of rotatable bonds is 4. The minimum absolute atomic E-state index is 0.0211. The van der Waals surface area contributed by atoms with Crippen LogP contribution in [-0.2, 0) is 9.53 Å². The third-order valence-corrected chi connectivity index (χ3v) is 4.35. The van der Waals surface area contributed by atoms with E-state index in [2.05, 4.69) is 13.8 Å². The van der Waals surface area contributed by atoms with Gasteiger partial charge < -0.3 is 15.4 Å². The van der Waals surface area contributed by atoms with Crippen LogP contribution in [0.1, 0.15) is 13.8 Å². The van der Waals surface area contributed by atoms with E-state index in [1.54, 1.807) is 7.11 Å². The molecule has 0 bridgehead atoms. The van der Waals surface area contributed by atoms with Gasteiger partial charge in [-0.3, -0.25) is 4.79 Å². The highest BCUT2D eigenvalue weighted by atomic mass is 32.2. The molecule has 94 valence electrons. The summed E-state index contributed by atoms with van der Waals surface area (Å²) in [4.78, 5) is 13.8. The van der Waals surface area contributed by atoms with E-state index in [4.69, 9.17) is 10.5 Å². The van der Waals surface area contributed by atoms with Gasteiger partial charge in [0.25, 0.3) is 0 Å². The topological polar surface area (TPSA) is 55.6 Å². The lowest BCUT2D eigenvalue weighted by Crippen LogP contribution is -2.51. The molecule has 1 amide bonds. The summed E-state index contributed by atoms with van der Waals surface area (Å²) in [6, 6.07) is -0.513. The molecule has 2 atom stereocenters. The van der Waals surface area contributed by atoms with Crippen molar-refractivity contribution in [2.75, 3.05) is 32.6 Å². The second-order valence-corrected chi connectivity index (χ2v) is 5.85. The molecule has 2 unspecified atom stereocenters. The molecule has 1 aliphatic rings. The average molecular weight is 246 g/mol. The fourth-order valence-corrected chi connectivity index (χ4v) is 3.06. The van der Waals surface area contributed by atoms with Crippen molar-refractivity contribution in [3.8, 4) is 0 Å². The van der Waals surface area contributed by atoms with Crippen molar-refractivity contribution in [2.45, 2.75) is 25.1 Å². The van der Waals surface area contributed by atoms with Crippen molar-refractivity contribution in [3.05, 3.63) is 0 Å². The first-order valence-corrected chi connectivity index (χ1v) is 6.76. The van der Waals surface area contributed by atoms with Crippen molar-refractivity contribution in [3.63, 3.8) is 0 Å². The predicted molar refractivity (Wildman–Crippen MR) is 67.5 cm³/mol. The number of carbonyl (C=O) groups is 1. The van der Waals surface area contributed by atoms with Gasteiger partial charge in [-0.15, -0.1) is 0 Å². The van der Waals surface area contributed by atoms with Gasteiger partial charge >= 0.3 is 0 Å². The molecular formula is C11H22N2O2S. The number of thioether (sulfide) groups is 1. The van der Waals surface area contributed by atoms with Crippen LogP contribution in [0.4, 0.5) is 0 Å². The van der Waals surface area contributed by atoms with Crippen LogP contribution in [0.2, 0.25) is 0 Å². The van der Waals surface area contributed by atoms with Gasteiger partial charge in [-0.25, -0.2) is 0 Å². The fourth-order valence-electron chi connectivity index (χ4n) is 1.76. The molecule has 1 aliphatic heterocycles. The summed E-state index contributed by atoms with van der Waals surface area (Å²) in [5.41, 5.74) is 5.76. The molecule has 1 heterocycles. The van der Waals surface area contributed by atoms with Crippen LogP contribution in [0.25, 0.3) is 0 Å². The Balaban J connectivity index is 2.49. The van der Waals surface area contributed by atoms with Crippen LogP contribution < -0.4 is 5.73 Å². The number of ether oxygens (including phenoxy) is 1. The van der Waals surface area contributed by atoms with Crippen LogP contribution in [-0.4, -0.2) is 54.7 Å². The van der Waals surface area contributed by atoms with Crippen LogP contribution in [0.5, 0.6) is 0 Å². The molecule has 0 aromatic carbocycles. The van der Waals surface area contributed by atoms with Gasteiger partial charge in [-0.05, 0) is 5.92 Å². The Labute approximate surface area is 102 Å².